The first-order valence-corrected chi connectivity index (χ1v) is 10.8. The van der Waals surface area contributed by atoms with Gasteiger partial charge >= 0.3 is 0 Å². The van der Waals surface area contributed by atoms with Crippen molar-refractivity contribution in [2.75, 3.05) is 13.1 Å². The van der Waals surface area contributed by atoms with Gasteiger partial charge in [0.1, 0.15) is 0 Å². The van der Waals surface area contributed by atoms with Crippen LogP contribution in [0.3, 0.4) is 0 Å². The number of hydrogen-bond donors (Lipinski definition) is 0. The molecule has 1 aliphatic rings. The summed E-state index contributed by atoms with van der Waals surface area (Å²) in [5.41, 5.74) is 4.03. The van der Waals surface area contributed by atoms with E-state index in [9.17, 15) is 4.79 Å². The Morgan fingerprint density at radius 3 is 3.00 bits per heavy atom. The molecule has 1 atom stereocenters. The molecule has 29 heavy (non-hydrogen) atoms. The number of piperidine rings is 1. The minimum Gasteiger partial charge on any atom is -0.342 e. The number of likely N-dealkylation sites (tertiary alicyclic amines) is 1. The van der Waals surface area contributed by atoms with E-state index in [-0.39, 0.29) is 11.8 Å². The van der Waals surface area contributed by atoms with E-state index in [1.807, 2.05) is 62.9 Å². The Morgan fingerprint density at radius 1 is 1.21 bits per heavy atom. The summed E-state index contributed by atoms with van der Waals surface area (Å²) in [6.07, 6.45) is 8.07. The molecular formula is C22H21N5OS. The largest absolute Gasteiger partial charge is 0.342 e. The zero-order valence-corrected chi connectivity index (χ0v) is 16.8. The lowest BCUT2D eigenvalue weighted by molar-refractivity contribution is -0.131. The molecule has 0 aliphatic carbocycles. The number of fused-ring (bicyclic) bond motifs is 1. The molecule has 4 aromatic heterocycles. The molecule has 0 aromatic carbocycles. The van der Waals surface area contributed by atoms with Crippen LogP contribution in [0.15, 0.2) is 59.7 Å². The number of pyridine rings is 2. The second-order valence-corrected chi connectivity index (χ2v) is 8.20. The maximum absolute atomic E-state index is 12.7. The van der Waals surface area contributed by atoms with Gasteiger partial charge < -0.3 is 4.90 Å². The van der Waals surface area contributed by atoms with Crippen molar-refractivity contribution >= 4 is 22.9 Å². The zero-order valence-electron chi connectivity index (χ0n) is 15.9. The number of hydrogen-bond acceptors (Lipinski definition) is 5. The second-order valence-electron chi connectivity index (χ2n) is 7.42. The number of nitrogens with zero attached hydrogens (tertiary/aromatic N) is 5. The Kier molecular flexibility index (Phi) is 4.81. The zero-order chi connectivity index (χ0) is 19.6. The van der Waals surface area contributed by atoms with E-state index < -0.39 is 0 Å². The van der Waals surface area contributed by atoms with Crippen LogP contribution in [-0.4, -0.2) is 43.5 Å². The summed E-state index contributed by atoms with van der Waals surface area (Å²) in [5.74, 6) is 1.19. The molecule has 0 radical (unpaired) electrons. The molecule has 5 rings (SSSR count). The minimum absolute atomic E-state index is 0.178. The average molecular weight is 404 g/mol. The van der Waals surface area contributed by atoms with Crippen molar-refractivity contribution in [1.82, 2.24) is 24.5 Å². The van der Waals surface area contributed by atoms with Gasteiger partial charge in [-0.05, 0) is 53.4 Å². The molecule has 146 valence electrons. The second kappa shape index (κ2) is 7.75. The molecule has 1 fully saturated rings. The third kappa shape index (κ3) is 3.78. The van der Waals surface area contributed by atoms with Gasteiger partial charge in [0, 0.05) is 48.7 Å². The molecule has 4 aromatic rings. The van der Waals surface area contributed by atoms with Gasteiger partial charge in [0.25, 0.3) is 0 Å². The monoisotopic (exact) mass is 403 g/mol. The Bertz CT molecular complexity index is 1120. The van der Waals surface area contributed by atoms with Crippen molar-refractivity contribution in [2.24, 2.45) is 0 Å². The predicted octanol–water partition coefficient (Wildman–Crippen LogP) is 3.80. The van der Waals surface area contributed by atoms with Crippen molar-refractivity contribution in [3.8, 4) is 11.1 Å². The molecule has 0 N–H and O–H groups in total. The van der Waals surface area contributed by atoms with Crippen molar-refractivity contribution in [2.45, 2.75) is 25.2 Å². The highest BCUT2D eigenvalue weighted by atomic mass is 32.1. The average Bonchev–Trinajstić information content (AvgIpc) is 3.43. The van der Waals surface area contributed by atoms with Crippen LogP contribution in [0.1, 0.15) is 30.1 Å². The lowest BCUT2D eigenvalue weighted by Crippen LogP contribution is -2.40. The van der Waals surface area contributed by atoms with Crippen molar-refractivity contribution in [1.29, 1.82) is 0 Å². The van der Waals surface area contributed by atoms with E-state index in [1.165, 1.54) is 0 Å². The van der Waals surface area contributed by atoms with Gasteiger partial charge in [-0.1, -0.05) is 6.07 Å². The van der Waals surface area contributed by atoms with Gasteiger partial charge in [-0.15, -0.1) is 0 Å². The molecule has 1 aliphatic heterocycles. The number of amides is 1. The quantitative estimate of drug-likeness (QED) is 0.520. The first-order valence-electron chi connectivity index (χ1n) is 9.82. The van der Waals surface area contributed by atoms with Crippen LogP contribution in [0.5, 0.6) is 0 Å². The molecule has 7 heteroatoms. The molecule has 0 unspecified atom stereocenters. The number of thiophene rings is 1. The van der Waals surface area contributed by atoms with Crippen LogP contribution in [0.25, 0.3) is 16.8 Å². The lowest BCUT2D eigenvalue weighted by atomic mass is 9.97. The molecule has 0 spiro atoms. The Hall–Kier alpha value is -3.06. The smallest absolute Gasteiger partial charge is 0.227 e. The molecule has 1 saturated heterocycles. The van der Waals surface area contributed by atoms with Crippen LogP contribution in [0.4, 0.5) is 0 Å². The molecule has 1 amide bonds. The number of aromatic nitrogens is 4. The predicted molar refractivity (Wildman–Crippen MR) is 113 cm³/mol. The Balaban J connectivity index is 1.35. The third-order valence-corrected chi connectivity index (χ3v) is 6.15. The molecular weight excluding hydrogens is 382 g/mol. The van der Waals surface area contributed by atoms with Crippen LogP contribution < -0.4 is 0 Å². The van der Waals surface area contributed by atoms with E-state index in [1.54, 1.807) is 17.5 Å². The normalized spacial score (nSPS) is 17.0. The fraction of sp³-hybridized carbons (Fsp3) is 0.273. The Labute approximate surface area is 172 Å². The fourth-order valence-electron chi connectivity index (χ4n) is 3.87. The van der Waals surface area contributed by atoms with E-state index in [4.69, 9.17) is 10.1 Å². The van der Waals surface area contributed by atoms with Crippen LogP contribution in [-0.2, 0) is 11.2 Å². The number of rotatable bonds is 4. The highest BCUT2D eigenvalue weighted by molar-refractivity contribution is 7.08. The molecule has 0 bridgehead atoms. The maximum atomic E-state index is 12.7. The van der Waals surface area contributed by atoms with Gasteiger partial charge in [0.2, 0.25) is 5.91 Å². The fourth-order valence-corrected chi connectivity index (χ4v) is 4.54. The van der Waals surface area contributed by atoms with E-state index in [2.05, 4.69) is 4.98 Å². The molecule has 0 saturated carbocycles. The van der Waals surface area contributed by atoms with Crippen molar-refractivity contribution in [3.05, 3.63) is 71.1 Å². The van der Waals surface area contributed by atoms with Crippen LogP contribution >= 0.6 is 11.3 Å². The van der Waals surface area contributed by atoms with Gasteiger partial charge in [0.15, 0.2) is 11.5 Å². The van der Waals surface area contributed by atoms with E-state index in [0.717, 1.165) is 47.5 Å². The summed E-state index contributed by atoms with van der Waals surface area (Å²) in [7, 11) is 0. The highest BCUT2D eigenvalue weighted by Gasteiger charge is 2.27. The summed E-state index contributed by atoms with van der Waals surface area (Å²) >= 11 is 1.63. The molecule has 6 nitrogen and oxygen atoms in total. The summed E-state index contributed by atoms with van der Waals surface area (Å²) < 4.78 is 1.84. The minimum atomic E-state index is 0.178. The highest BCUT2D eigenvalue weighted by Crippen LogP contribution is 2.26. The number of carbonyl (C=O) groups excluding carboxylic acids is 1. The first kappa shape index (κ1) is 18.0. The van der Waals surface area contributed by atoms with Crippen molar-refractivity contribution in [3.63, 3.8) is 0 Å². The summed E-state index contributed by atoms with van der Waals surface area (Å²) in [4.78, 5) is 23.6. The summed E-state index contributed by atoms with van der Waals surface area (Å²) in [5, 5.41) is 8.80. The maximum Gasteiger partial charge on any atom is 0.227 e. The van der Waals surface area contributed by atoms with E-state index in [0.29, 0.717) is 13.0 Å². The summed E-state index contributed by atoms with van der Waals surface area (Å²) in [6, 6.07) is 10.0. The standard InChI is InChI=1S/C22H21N5OS/c28-21(11-16-7-10-29-15-16)26-9-2-4-19(13-26)22-24-20-6-5-18(14-27(20)25-22)17-3-1-8-23-12-17/h1,3,5-8,10,12,14-15,19H,2,4,9,11,13H2/t19-/m0/s1. The lowest BCUT2D eigenvalue weighted by Gasteiger charge is -2.31. The van der Waals surface area contributed by atoms with Gasteiger partial charge in [-0.2, -0.15) is 16.4 Å². The SMILES string of the molecule is O=C(Cc1ccsc1)N1CCC[C@H](c2nc3ccc(-c4cccnc4)cn3n2)C1. The van der Waals surface area contributed by atoms with Crippen LogP contribution in [0.2, 0.25) is 0 Å². The van der Waals surface area contributed by atoms with E-state index >= 15 is 0 Å². The summed E-state index contributed by atoms with van der Waals surface area (Å²) in [6.45, 7) is 1.51. The van der Waals surface area contributed by atoms with Crippen molar-refractivity contribution < 1.29 is 4.79 Å². The Morgan fingerprint density at radius 2 is 2.17 bits per heavy atom. The third-order valence-electron chi connectivity index (χ3n) is 5.42. The van der Waals surface area contributed by atoms with Gasteiger partial charge in [-0.25, -0.2) is 9.50 Å². The van der Waals surface area contributed by atoms with Gasteiger partial charge in [0.05, 0.1) is 6.42 Å². The topological polar surface area (TPSA) is 63.4 Å². The van der Waals surface area contributed by atoms with Gasteiger partial charge in [-0.3, -0.25) is 9.78 Å². The first-order chi connectivity index (χ1) is 14.3. The number of carbonyl (C=O) groups is 1. The molecule has 5 heterocycles. The van der Waals surface area contributed by atoms with Crippen LogP contribution in [0, 0.1) is 0 Å².